The molecule has 3 fully saturated rings. The maximum Gasteiger partial charge on any atom is 0.244 e. The Morgan fingerprint density at radius 3 is 2.60 bits per heavy atom. The summed E-state index contributed by atoms with van der Waals surface area (Å²) in [6.07, 6.45) is 3.18. The minimum Gasteiger partial charge on any atom is -0.491 e. The lowest BCUT2D eigenvalue weighted by Gasteiger charge is -2.38. The maximum atomic E-state index is 13.5. The average Bonchev–Trinajstić information content (AvgIpc) is 3.75. The Bertz CT molecular complexity index is 1610. The maximum absolute atomic E-state index is 13.5. The van der Waals surface area contributed by atoms with Crippen molar-refractivity contribution in [3.05, 3.63) is 36.5 Å². The van der Waals surface area contributed by atoms with Gasteiger partial charge in [-0.1, -0.05) is 6.07 Å². The summed E-state index contributed by atoms with van der Waals surface area (Å²) >= 11 is 0. The number of hydrogen-bond acceptors (Lipinski definition) is 12. The van der Waals surface area contributed by atoms with Crippen LogP contribution < -0.4 is 19.7 Å². The molecule has 1 aromatic heterocycles. The summed E-state index contributed by atoms with van der Waals surface area (Å²) in [6, 6.07) is 7.77. The predicted octanol–water partition coefficient (Wildman–Crippen LogP) is 0.939. The van der Waals surface area contributed by atoms with E-state index in [2.05, 4.69) is 10.3 Å². The van der Waals surface area contributed by atoms with Crippen molar-refractivity contribution in [1.29, 1.82) is 0 Å². The molecular weight excluding hydrogens is 624 g/mol. The first kappa shape index (κ1) is 32.4. The van der Waals surface area contributed by atoms with E-state index in [1.807, 2.05) is 18.9 Å². The first-order valence-electron chi connectivity index (χ1n) is 15.4. The summed E-state index contributed by atoms with van der Waals surface area (Å²) in [6.45, 7) is 3.51. The third-order valence-electron chi connectivity index (χ3n) is 9.41. The average molecular weight is 667 g/mol. The Labute approximate surface area is 264 Å². The van der Waals surface area contributed by atoms with Gasteiger partial charge in [-0.25, -0.2) is 21.8 Å². The number of rotatable bonds is 11. The third kappa shape index (κ3) is 6.40. The monoisotopic (exact) mass is 666 g/mol. The molecule has 1 aromatic carbocycles. The smallest absolute Gasteiger partial charge is 0.244 e. The molecule has 4 heterocycles. The van der Waals surface area contributed by atoms with Crippen molar-refractivity contribution in [2.75, 3.05) is 57.9 Å². The number of piperidine rings is 1. The van der Waals surface area contributed by atoms with Crippen molar-refractivity contribution in [2.45, 2.75) is 77.4 Å². The largest absolute Gasteiger partial charge is 0.491 e. The summed E-state index contributed by atoms with van der Waals surface area (Å²) < 4.78 is 70.8. The number of sulfone groups is 1. The first-order valence-corrected chi connectivity index (χ1v) is 18.3. The number of nitrogens with zero attached hydrogens (tertiary/aromatic N) is 3. The van der Waals surface area contributed by atoms with Gasteiger partial charge in [0.1, 0.15) is 35.1 Å². The van der Waals surface area contributed by atoms with Crippen molar-refractivity contribution in [3.8, 4) is 11.6 Å². The van der Waals surface area contributed by atoms with E-state index in [0.717, 1.165) is 0 Å². The number of aliphatic hydroxyl groups excluding tert-OH is 2. The van der Waals surface area contributed by atoms with E-state index in [9.17, 15) is 27.0 Å². The summed E-state index contributed by atoms with van der Waals surface area (Å²) in [4.78, 5) is 6.49. The molecule has 3 N–H and O–H groups in total. The number of hydrogen-bond donors (Lipinski definition) is 3. The lowest BCUT2D eigenvalue weighted by atomic mass is 9.88. The number of aromatic nitrogens is 1. The van der Waals surface area contributed by atoms with Gasteiger partial charge in [-0.15, -0.1) is 0 Å². The summed E-state index contributed by atoms with van der Waals surface area (Å²) in [5.74, 6) is 0.766. The van der Waals surface area contributed by atoms with Gasteiger partial charge in [0.05, 0.1) is 41.2 Å². The van der Waals surface area contributed by atoms with Crippen LogP contribution in [0.25, 0.3) is 0 Å². The SMILES string of the molecule is C[C@@H]1CN(C)c2cc(S(=O)(=O)N3CCC4(CC3)C[C@@H](NCC(O)COc3cccc(S(=O)(=O)C5(CO)CC5)c3)CO4)cnc2O1. The van der Waals surface area contributed by atoms with E-state index in [4.69, 9.17) is 14.2 Å². The van der Waals surface area contributed by atoms with E-state index in [1.54, 1.807) is 18.2 Å². The number of sulfonamides is 1. The molecular formula is C30H42N4O9S2. The van der Waals surface area contributed by atoms with Crippen LogP contribution in [-0.4, -0.2) is 118 Å². The van der Waals surface area contributed by atoms with Gasteiger partial charge in [-0.3, -0.25) is 0 Å². The van der Waals surface area contributed by atoms with E-state index in [0.29, 0.717) is 75.7 Å². The van der Waals surface area contributed by atoms with E-state index in [1.165, 1.54) is 22.6 Å². The van der Waals surface area contributed by atoms with Crippen molar-refractivity contribution in [1.82, 2.24) is 14.6 Å². The molecule has 4 aliphatic rings. The molecule has 0 radical (unpaired) electrons. The van der Waals surface area contributed by atoms with Crippen molar-refractivity contribution >= 4 is 25.5 Å². The number of likely N-dealkylation sites (N-methyl/N-ethyl adjacent to an activating group) is 1. The number of aliphatic hydroxyl groups is 2. The third-order valence-corrected chi connectivity index (χ3v) is 13.8. The van der Waals surface area contributed by atoms with Crippen LogP contribution in [0.5, 0.6) is 11.6 Å². The fourth-order valence-corrected chi connectivity index (χ4v) is 9.68. The summed E-state index contributed by atoms with van der Waals surface area (Å²) in [5.41, 5.74) is 0.234. The molecule has 13 nitrogen and oxygen atoms in total. The van der Waals surface area contributed by atoms with Gasteiger partial charge in [0.15, 0.2) is 9.84 Å². The van der Waals surface area contributed by atoms with Gasteiger partial charge in [0.2, 0.25) is 15.9 Å². The van der Waals surface area contributed by atoms with Crippen molar-refractivity contribution in [2.24, 2.45) is 0 Å². The predicted molar refractivity (Wildman–Crippen MR) is 165 cm³/mol. The van der Waals surface area contributed by atoms with Gasteiger partial charge in [0, 0.05) is 32.7 Å². The van der Waals surface area contributed by atoms with Gasteiger partial charge in [-0.2, -0.15) is 4.31 Å². The molecule has 248 valence electrons. The fraction of sp³-hybridized carbons (Fsp3) is 0.633. The molecule has 6 rings (SSSR count). The molecule has 0 amide bonds. The highest BCUT2D eigenvalue weighted by atomic mass is 32.2. The standard InChI is InChI=1S/C30H42N4O9S2/c1-21-17-33(2)27-13-26(16-32-28(27)43-21)45(39,40)34-10-8-29(9-11-34)14-22(18-42-29)31-15-23(36)19-41-24-4-3-5-25(12-24)44(37,38)30(20-35)6-7-30/h3-5,12-13,16,21-23,31,35-36H,6-11,14-15,17-20H2,1-2H3/t21-,22-,23?/m1/s1. The number of pyridine rings is 1. The molecule has 2 saturated heterocycles. The fourth-order valence-electron chi connectivity index (χ4n) is 6.43. The lowest BCUT2D eigenvalue weighted by molar-refractivity contribution is -0.0312. The molecule has 1 unspecified atom stereocenters. The first-order chi connectivity index (χ1) is 21.4. The highest BCUT2D eigenvalue weighted by Gasteiger charge is 2.54. The number of fused-ring (bicyclic) bond motifs is 1. The molecule has 45 heavy (non-hydrogen) atoms. The van der Waals surface area contributed by atoms with E-state index < -0.39 is 42.9 Å². The molecule has 0 bridgehead atoms. The van der Waals surface area contributed by atoms with Crippen LogP contribution in [0.1, 0.15) is 39.0 Å². The quantitative estimate of drug-likeness (QED) is 0.311. The molecule has 1 spiro atoms. The summed E-state index contributed by atoms with van der Waals surface area (Å²) in [5, 5.41) is 23.4. The molecule has 1 aliphatic carbocycles. The number of ether oxygens (including phenoxy) is 3. The molecule has 2 aromatic rings. The Morgan fingerprint density at radius 1 is 1.13 bits per heavy atom. The van der Waals surface area contributed by atoms with Crippen LogP contribution in [-0.2, 0) is 24.6 Å². The molecule has 3 atom stereocenters. The zero-order chi connectivity index (χ0) is 32.0. The van der Waals surface area contributed by atoms with Gasteiger partial charge in [-0.05, 0) is 63.3 Å². The van der Waals surface area contributed by atoms with E-state index >= 15 is 0 Å². The Balaban J connectivity index is 0.970. The summed E-state index contributed by atoms with van der Waals surface area (Å²) in [7, 11) is -5.51. The number of nitrogens with one attached hydrogen (secondary N) is 1. The Hall–Kier alpha value is -2.53. The van der Waals surface area contributed by atoms with Gasteiger partial charge < -0.3 is 34.6 Å². The van der Waals surface area contributed by atoms with Crippen LogP contribution in [0.3, 0.4) is 0 Å². The Morgan fingerprint density at radius 2 is 1.89 bits per heavy atom. The molecule has 3 aliphatic heterocycles. The minimum absolute atomic E-state index is 0.00716. The van der Waals surface area contributed by atoms with Gasteiger partial charge in [0.25, 0.3) is 0 Å². The lowest BCUT2D eigenvalue weighted by Crippen LogP contribution is -2.47. The number of benzene rings is 1. The second kappa shape index (κ2) is 12.2. The topological polar surface area (TPSA) is 168 Å². The zero-order valence-electron chi connectivity index (χ0n) is 25.6. The highest BCUT2D eigenvalue weighted by molar-refractivity contribution is 7.93. The van der Waals surface area contributed by atoms with Crippen LogP contribution in [0.15, 0.2) is 46.3 Å². The minimum atomic E-state index is -3.73. The normalized spacial score (nSPS) is 25.0. The van der Waals surface area contributed by atoms with E-state index in [-0.39, 0.29) is 35.1 Å². The Kier molecular flexibility index (Phi) is 8.82. The van der Waals surface area contributed by atoms with Crippen molar-refractivity contribution < 1.29 is 41.3 Å². The molecule has 1 saturated carbocycles. The second-order valence-electron chi connectivity index (χ2n) is 12.8. The molecule has 15 heteroatoms. The van der Waals surface area contributed by atoms with Crippen LogP contribution >= 0.6 is 0 Å². The zero-order valence-corrected chi connectivity index (χ0v) is 27.2. The van der Waals surface area contributed by atoms with Crippen LogP contribution in [0.4, 0.5) is 5.69 Å². The van der Waals surface area contributed by atoms with Gasteiger partial charge >= 0.3 is 0 Å². The highest BCUT2D eigenvalue weighted by Crippen LogP contribution is 2.46. The van der Waals surface area contributed by atoms with Crippen molar-refractivity contribution in [3.63, 3.8) is 0 Å². The van der Waals surface area contributed by atoms with Crippen LogP contribution in [0, 0.1) is 0 Å². The second-order valence-corrected chi connectivity index (χ2v) is 17.1. The number of anilines is 1. The van der Waals surface area contributed by atoms with Crippen LogP contribution in [0.2, 0.25) is 0 Å².